The molecule has 11 rings (SSSR count). The average molecular weight is 2090 g/mol. The van der Waals surface area contributed by atoms with Crippen LogP contribution in [0.5, 0.6) is 0 Å². The number of hydrogen-bond donors (Lipinski definition) is 41. The lowest BCUT2D eigenvalue weighted by atomic mass is 9.89. The van der Waals surface area contributed by atoms with E-state index in [1.165, 1.54) is 0 Å². The maximum atomic E-state index is 13.6. The summed E-state index contributed by atoms with van der Waals surface area (Å²) in [5, 5.41) is 443. The molecule has 11 saturated heterocycles. The zero-order chi connectivity index (χ0) is 105. The third-order valence-electron chi connectivity index (χ3n) is 25.8. The normalized spacial score (nSPS) is 49.1. The molecule has 42 N–H and O–H groups in total. The van der Waals surface area contributed by atoms with Crippen LogP contribution in [0.2, 0.25) is 0 Å². The summed E-state index contributed by atoms with van der Waals surface area (Å²) in [7, 11) is 0. The van der Waals surface area contributed by atoms with Gasteiger partial charge >= 0.3 is 29.8 Å². The molecular formula is C75H121NO66. The molecular weight excluding hydrogens is 1970 g/mol. The molecule has 0 radical (unpaired) electrons. The van der Waals surface area contributed by atoms with Crippen LogP contribution >= 0.6 is 0 Å². The summed E-state index contributed by atoms with van der Waals surface area (Å²) in [4.78, 5) is 64.8. The highest BCUT2D eigenvalue weighted by Gasteiger charge is 2.67. The molecule has 0 spiro atoms. The number of aliphatic hydroxyl groups excluding tert-OH is 34. The van der Waals surface area contributed by atoms with Gasteiger partial charge in [0, 0.05) is 19.3 Å². The fourth-order valence-corrected chi connectivity index (χ4v) is 17.6. The number of hydrogen-bond acceptors (Lipinski definition) is 62. The lowest BCUT2D eigenvalue weighted by molar-refractivity contribution is -0.417. The molecule has 142 heavy (non-hydrogen) atoms. The molecule has 0 aromatic rings. The van der Waals surface area contributed by atoms with Crippen molar-refractivity contribution in [2.24, 2.45) is 5.73 Å². The molecule has 0 amide bonds. The van der Waals surface area contributed by atoms with Gasteiger partial charge < -0.3 is 309 Å². The van der Waals surface area contributed by atoms with Crippen molar-refractivity contribution in [2.45, 2.75) is 374 Å². The highest BCUT2D eigenvalue weighted by molar-refractivity contribution is 5.77. The minimum atomic E-state index is -3.81. The molecule has 11 fully saturated rings. The second kappa shape index (κ2) is 48.6. The van der Waals surface area contributed by atoms with Crippen molar-refractivity contribution in [1.82, 2.24) is 0 Å². The van der Waals surface area contributed by atoms with Crippen LogP contribution in [0.25, 0.3) is 0 Å². The minimum absolute atomic E-state index is 1.06. The van der Waals surface area contributed by atoms with E-state index >= 15 is 0 Å². The Balaban J connectivity index is 0.974. The summed E-state index contributed by atoms with van der Waals surface area (Å²) in [6, 6.07) is -2.11. The van der Waals surface area contributed by atoms with Gasteiger partial charge in [-0.2, -0.15) is 0 Å². The smallest absolute Gasteiger partial charge is 0.364 e. The van der Waals surface area contributed by atoms with Crippen molar-refractivity contribution in [3.63, 3.8) is 0 Å². The van der Waals surface area contributed by atoms with Crippen LogP contribution < -0.4 is 5.73 Å². The number of aliphatic hydroxyl groups is 35. The van der Waals surface area contributed by atoms with Crippen LogP contribution in [-0.4, -0.2) is 648 Å². The third-order valence-corrected chi connectivity index (χ3v) is 25.8. The molecule has 0 bridgehead atoms. The fourth-order valence-electron chi connectivity index (χ4n) is 17.6. The summed E-state index contributed by atoms with van der Waals surface area (Å²) < 4.78 is 119. The van der Waals surface area contributed by atoms with Gasteiger partial charge in [0.2, 0.25) is 0 Å². The molecule has 67 nitrogen and oxygen atoms in total. The second-order valence-electron chi connectivity index (χ2n) is 35.4. The summed E-state index contributed by atoms with van der Waals surface area (Å²) >= 11 is 0. The topological polar surface area (TPSA) is 1110 Å². The number of carboxylic acids is 5. The van der Waals surface area contributed by atoms with Crippen molar-refractivity contribution in [3.8, 4) is 0 Å². The second-order valence-corrected chi connectivity index (χ2v) is 35.4. The maximum Gasteiger partial charge on any atom is 0.364 e. The van der Waals surface area contributed by atoms with Crippen LogP contribution in [0.4, 0.5) is 0 Å². The van der Waals surface area contributed by atoms with Crippen LogP contribution in [0, 0.1) is 0 Å². The summed E-state index contributed by atoms with van der Waals surface area (Å²) in [5.74, 6) is -21.6. The van der Waals surface area contributed by atoms with E-state index in [-0.39, 0.29) is 0 Å². The van der Waals surface area contributed by atoms with Crippen molar-refractivity contribution in [1.29, 1.82) is 0 Å². The average Bonchev–Trinajstić information content (AvgIpc) is 0.741. The highest BCUT2D eigenvalue weighted by Crippen LogP contribution is 2.46. The lowest BCUT2D eigenvalue weighted by Gasteiger charge is -2.53. The van der Waals surface area contributed by atoms with E-state index < -0.39 is 463 Å². The first-order chi connectivity index (χ1) is 66.5. The van der Waals surface area contributed by atoms with E-state index in [1.54, 1.807) is 0 Å². The van der Waals surface area contributed by atoms with Gasteiger partial charge in [-0.15, -0.1) is 0 Å². The van der Waals surface area contributed by atoms with Crippen molar-refractivity contribution < 1.29 is 328 Å². The molecule has 0 aromatic carbocycles. The minimum Gasteiger partial charge on any atom is -0.479 e. The quantitative estimate of drug-likeness (QED) is 0.0271. The molecule has 822 valence electrons. The molecule has 67 heteroatoms. The van der Waals surface area contributed by atoms with Gasteiger partial charge in [0.05, 0.1) is 83.8 Å². The number of aliphatic carboxylic acids is 5. The predicted octanol–water partition coefficient (Wildman–Crippen LogP) is -27.2. The van der Waals surface area contributed by atoms with E-state index in [4.69, 9.17) is 105 Å². The Morgan fingerprint density at radius 3 is 1.21 bits per heavy atom. The van der Waals surface area contributed by atoms with E-state index in [2.05, 4.69) is 0 Å². The van der Waals surface area contributed by atoms with E-state index in [0.29, 0.717) is 0 Å². The Bertz CT molecular complexity index is 4030. The monoisotopic (exact) mass is 2090 g/mol. The van der Waals surface area contributed by atoms with Crippen molar-refractivity contribution >= 4 is 29.8 Å². The lowest BCUT2D eigenvalue weighted by Crippen LogP contribution is -2.71. The molecule has 58 atom stereocenters. The summed E-state index contributed by atoms with van der Waals surface area (Å²) in [6.07, 6.45) is -141. The standard InChI is InChI=1S/C75H121NO66/c76-25-31(95)29(93)24(12-125-74(71(117)118)1-13(82)26(90)49(141-74)15(84)4-77)127-62(25)134-55-38(102)43(107)67(138-59(55)61(113)114)133-54-44(108)48(20(89)10-122-64-40(104)34(98)36(100)47(129-64)19(88)9-123-65-41(105)35(99)37(101)57(136-65)60(111)112)130-68(45(54)109)135-56-46(110)69(131-51(17(86)6-79)58(56)137-66-42(106)33(97)30(94)23(128-66)11-124-63-39(103)32(96)28(92)22(8-81)126-63)132-53-21(3-73(121,70(115)116)140-52(53)18(87)7-80)139-75(72(119)120)2-14(83)27(91)50(142-75)16(85)5-78/h13-59,62-69,77-110,121H,1-12,76H2,(H,111,112)(H,113,114)(H,115,116)(H,117,118)(H,119,120)/t13-,14-,15-,16-,17+,18-,19+,20+,21-,22-,23-,24-,25-,26-,27-,28+,29-,30-,31-,32+,33+,34+,35+,36+,37-,38-,39-,40+,41-,42-,43-,44-,45+,46+,47-,48-,49-,50-,51-,52-,53-,54+,55-,56-,57+,58-,59+,62-,63-,64+,65-,66+,67+,68-,69-,73-,74-,75-/m1/s1. The van der Waals surface area contributed by atoms with E-state index in [1.807, 2.05) is 0 Å². The van der Waals surface area contributed by atoms with Gasteiger partial charge in [0.1, 0.15) is 250 Å². The van der Waals surface area contributed by atoms with Gasteiger partial charge in [-0.3, -0.25) is 0 Å². The van der Waals surface area contributed by atoms with E-state index in [0.717, 1.165) is 0 Å². The van der Waals surface area contributed by atoms with Crippen LogP contribution in [0.15, 0.2) is 0 Å². The van der Waals surface area contributed by atoms with Gasteiger partial charge in [-0.25, -0.2) is 24.0 Å². The Labute approximate surface area is 794 Å². The van der Waals surface area contributed by atoms with Crippen LogP contribution in [-0.2, 0) is 123 Å². The molecule has 11 heterocycles. The number of rotatable bonds is 40. The first-order valence-electron chi connectivity index (χ1n) is 43.7. The molecule has 11 aliphatic rings. The zero-order valence-electron chi connectivity index (χ0n) is 73.3. The van der Waals surface area contributed by atoms with Crippen molar-refractivity contribution in [2.75, 3.05) is 59.5 Å². The predicted molar refractivity (Wildman–Crippen MR) is 417 cm³/mol. The van der Waals surface area contributed by atoms with Crippen molar-refractivity contribution in [3.05, 3.63) is 0 Å². The summed E-state index contributed by atoms with van der Waals surface area (Å²) in [6.45, 7) is -12.3. The number of carboxylic acid groups (broad SMARTS) is 5. The van der Waals surface area contributed by atoms with Gasteiger partial charge in [0.25, 0.3) is 17.4 Å². The van der Waals surface area contributed by atoms with Gasteiger partial charge in [-0.1, -0.05) is 0 Å². The fraction of sp³-hybridized carbons (Fsp3) is 0.933. The third kappa shape index (κ3) is 24.5. The first-order valence-corrected chi connectivity index (χ1v) is 43.7. The van der Waals surface area contributed by atoms with Crippen LogP contribution in [0.3, 0.4) is 0 Å². The Morgan fingerprint density at radius 2 is 0.683 bits per heavy atom. The van der Waals surface area contributed by atoms with E-state index in [9.17, 15) is 228 Å². The molecule has 11 aliphatic heterocycles. The van der Waals surface area contributed by atoms with Crippen LogP contribution in [0.1, 0.15) is 19.3 Å². The molecule has 0 aromatic heterocycles. The Morgan fingerprint density at radius 1 is 0.303 bits per heavy atom. The highest BCUT2D eigenvalue weighted by atomic mass is 16.8. The number of nitrogens with two attached hydrogens (primary N) is 1. The first kappa shape index (κ1) is 117. The largest absolute Gasteiger partial charge is 0.479 e. The molecule has 0 unspecified atom stereocenters. The summed E-state index contributed by atoms with van der Waals surface area (Å²) in [5.41, 5.74) is 6.17. The number of ether oxygens (including phenoxy) is 21. The Kier molecular flexibility index (Phi) is 40.1. The Hall–Kier alpha value is -4.93. The zero-order valence-corrected chi connectivity index (χ0v) is 73.3. The molecule has 0 aliphatic carbocycles. The number of carbonyl (C=O) groups is 5. The maximum absolute atomic E-state index is 13.6. The molecule has 0 saturated carbocycles. The SMILES string of the molecule is N[C@H]1[C@@H](O[C@@H]2[C@H](O)[C@@H](O)[C@@H](O[C@@H]3[C@H](O)[C@@H](O[C@@H]4[C@H](O)[C@@H](O[C@H]5[C@@H]([C@H](O)CO)O[C@@](O)(C(=O)O)C[C@H]5O[C@]5(C(=O)O)C[C@@H](O)[C@@H](O)[C@@H]([C@H](O)CO)O5)O[C@H]([C@@H](O)CO)[C@H]4O[C@@H]4O[C@H](CO[C@@H]5O[C@H](CO)[C@H](O)[C@H](O)[C@H]5O)[C@@H](O)[C@H](O)[C@H]4O)O[C@H]([C@@H](O)CO[C@H]4O[C@H]([C@@H](O)CO[C@@H]5O[C@H](C(=O)O)[C@H](O)[C@H](O)[C@H]5O)[C@@H](O)[C@H](O)[C@@H]4O)[C@H]3O)O[C@@H]2C(=O)O)O[C@H](CO[C@]2(C(=O)O)C[C@@H](O)[C@@H](O)[C@@H]([C@H](O)CO)O2)[C@@H](O)[C@@H]1O. The van der Waals surface area contributed by atoms with Gasteiger partial charge in [0.15, 0.2) is 62.5 Å². The van der Waals surface area contributed by atoms with Gasteiger partial charge in [-0.05, 0) is 0 Å².